The van der Waals surface area contributed by atoms with Gasteiger partial charge in [0.2, 0.25) is 0 Å². The van der Waals surface area contributed by atoms with E-state index in [1.54, 1.807) is 0 Å². The lowest BCUT2D eigenvalue weighted by molar-refractivity contribution is -0.0374. The lowest BCUT2D eigenvalue weighted by atomic mass is 9.90. The summed E-state index contributed by atoms with van der Waals surface area (Å²) in [6.45, 7) is 3.15. The van der Waals surface area contributed by atoms with Gasteiger partial charge in [0.1, 0.15) is 0 Å². The minimum Gasteiger partial charge on any atom is -0.379 e. The van der Waals surface area contributed by atoms with E-state index in [-0.39, 0.29) is 5.54 Å². The third-order valence-corrected chi connectivity index (χ3v) is 3.66. The summed E-state index contributed by atoms with van der Waals surface area (Å²) >= 11 is 0. The van der Waals surface area contributed by atoms with Crippen LogP contribution in [0.3, 0.4) is 0 Å². The average molecular weight is 235 g/mol. The van der Waals surface area contributed by atoms with Crippen LogP contribution in [0.15, 0.2) is 24.5 Å². The third-order valence-electron chi connectivity index (χ3n) is 3.66. The molecule has 1 aliphatic heterocycles. The Bertz CT molecular complexity index is 336. The Hall–Kier alpha value is -0.970. The molecule has 1 aromatic heterocycles. The summed E-state index contributed by atoms with van der Waals surface area (Å²) < 4.78 is 5.60. The molecular weight excluding hydrogens is 214 g/mol. The fourth-order valence-corrected chi connectivity index (χ4v) is 2.39. The van der Waals surface area contributed by atoms with E-state index in [0.29, 0.717) is 6.54 Å². The number of nitrogens with two attached hydrogens (primary N) is 1. The summed E-state index contributed by atoms with van der Waals surface area (Å²) in [5, 5.41) is 0. The van der Waals surface area contributed by atoms with Gasteiger partial charge in [-0.1, -0.05) is 0 Å². The first-order chi connectivity index (χ1) is 8.27. The van der Waals surface area contributed by atoms with Crippen molar-refractivity contribution in [3.05, 3.63) is 30.1 Å². The summed E-state index contributed by atoms with van der Waals surface area (Å²) in [7, 11) is 2.13. The largest absolute Gasteiger partial charge is 0.379 e. The van der Waals surface area contributed by atoms with Crippen LogP contribution in [0.2, 0.25) is 0 Å². The topological polar surface area (TPSA) is 51.4 Å². The minimum atomic E-state index is 0.00151. The highest BCUT2D eigenvalue weighted by atomic mass is 16.5. The van der Waals surface area contributed by atoms with E-state index in [1.165, 1.54) is 5.56 Å². The standard InChI is InChI=1S/C13H21N3O/c1-16(9-12-3-6-15-7-4-12)13(10-14)5-2-8-17-11-13/h3-4,6-7H,2,5,8-11,14H2,1H3. The SMILES string of the molecule is CN(Cc1ccncc1)C1(CN)CCCOC1. The first-order valence-electron chi connectivity index (χ1n) is 6.15. The van der Waals surface area contributed by atoms with Gasteiger partial charge in [-0.05, 0) is 37.6 Å². The van der Waals surface area contributed by atoms with Crippen LogP contribution in [0.5, 0.6) is 0 Å². The van der Waals surface area contributed by atoms with Crippen LogP contribution in [0.4, 0.5) is 0 Å². The van der Waals surface area contributed by atoms with Crippen LogP contribution in [0.1, 0.15) is 18.4 Å². The van der Waals surface area contributed by atoms with Crippen molar-refractivity contribution in [1.29, 1.82) is 0 Å². The molecule has 1 atom stereocenters. The Morgan fingerprint density at radius 3 is 2.82 bits per heavy atom. The van der Waals surface area contributed by atoms with Gasteiger partial charge in [0, 0.05) is 32.1 Å². The molecule has 1 aliphatic rings. The molecule has 4 heteroatoms. The molecular formula is C13H21N3O. The maximum atomic E-state index is 5.96. The highest BCUT2D eigenvalue weighted by Gasteiger charge is 2.35. The second-order valence-electron chi connectivity index (χ2n) is 4.80. The van der Waals surface area contributed by atoms with E-state index in [9.17, 15) is 0 Å². The highest BCUT2D eigenvalue weighted by Crippen LogP contribution is 2.25. The van der Waals surface area contributed by atoms with E-state index in [2.05, 4.69) is 16.9 Å². The van der Waals surface area contributed by atoms with Gasteiger partial charge in [0.15, 0.2) is 0 Å². The van der Waals surface area contributed by atoms with Gasteiger partial charge in [-0.25, -0.2) is 0 Å². The second kappa shape index (κ2) is 5.58. The molecule has 1 unspecified atom stereocenters. The number of aromatic nitrogens is 1. The van der Waals surface area contributed by atoms with Crippen LogP contribution in [-0.2, 0) is 11.3 Å². The molecule has 2 rings (SSSR count). The Balaban J connectivity index is 2.04. The quantitative estimate of drug-likeness (QED) is 0.846. The number of hydrogen-bond acceptors (Lipinski definition) is 4. The fourth-order valence-electron chi connectivity index (χ4n) is 2.39. The van der Waals surface area contributed by atoms with Gasteiger partial charge in [0.25, 0.3) is 0 Å². The molecule has 1 saturated heterocycles. The Kier molecular flexibility index (Phi) is 4.10. The van der Waals surface area contributed by atoms with Gasteiger partial charge < -0.3 is 10.5 Å². The molecule has 0 amide bonds. The summed E-state index contributed by atoms with van der Waals surface area (Å²) in [6, 6.07) is 4.09. The molecule has 4 nitrogen and oxygen atoms in total. The summed E-state index contributed by atoms with van der Waals surface area (Å²) in [6.07, 6.45) is 5.87. The van der Waals surface area contributed by atoms with Crippen LogP contribution in [-0.4, -0.2) is 42.2 Å². The number of hydrogen-bond donors (Lipinski definition) is 1. The molecule has 0 spiro atoms. The minimum absolute atomic E-state index is 0.00151. The zero-order chi connectivity index (χ0) is 12.1. The van der Waals surface area contributed by atoms with E-state index in [0.717, 1.165) is 32.6 Å². The molecule has 1 aromatic rings. The van der Waals surface area contributed by atoms with Gasteiger partial charge in [-0.15, -0.1) is 0 Å². The van der Waals surface area contributed by atoms with E-state index >= 15 is 0 Å². The zero-order valence-corrected chi connectivity index (χ0v) is 10.4. The van der Waals surface area contributed by atoms with Crippen molar-refractivity contribution < 1.29 is 4.74 Å². The maximum absolute atomic E-state index is 5.96. The third kappa shape index (κ3) is 2.83. The van der Waals surface area contributed by atoms with Crippen molar-refractivity contribution in [2.24, 2.45) is 5.73 Å². The van der Waals surface area contributed by atoms with E-state index in [1.807, 2.05) is 24.5 Å². The van der Waals surface area contributed by atoms with Crippen LogP contribution >= 0.6 is 0 Å². The molecule has 0 radical (unpaired) electrons. The maximum Gasteiger partial charge on any atom is 0.0662 e. The molecule has 94 valence electrons. The van der Waals surface area contributed by atoms with Crippen molar-refractivity contribution in [2.45, 2.75) is 24.9 Å². The molecule has 0 saturated carbocycles. The summed E-state index contributed by atoms with van der Waals surface area (Å²) in [5.41, 5.74) is 7.23. The van der Waals surface area contributed by atoms with Gasteiger partial charge in [-0.3, -0.25) is 9.88 Å². The summed E-state index contributed by atoms with van der Waals surface area (Å²) in [5.74, 6) is 0. The van der Waals surface area contributed by atoms with E-state index in [4.69, 9.17) is 10.5 Å². The van der Waals surface area contributed by atoms with Crippen LogP contribution in [0.25, 0.3) is 0 Å². The molecule has 0 aliphatic carbocycles. The first kappa shape index (κ1) is 12.5. The zero-order valence-electron chi connectivity index (χ0n) is 10.4. The fraction of sp³-hybridized carbons (Fsp3) is 0.615. The van der Waals surface area contributed by atoms with Crippen molar-refractivity contribution in [1.82, 2.24) is 9.88 Å². The first-order valence-corrected chi connectivity index (χ1v) is 6.15. The van der Waals surface area contributed by atoms with Crippen molar-refractivity contribution >= 4 is 0 Å². The Morgan fingerprint density at radius 1 is 1.47 bits per heavy atom. The summed E-state index contributed by atoms with van der Waals surface area (Å²) in [4.78, 5) is 6.36. The molecule has 0 aromatic carbocycles. The lowest BCUT2D eigenvalue weighted by Gasteiger charge is -2.43. The lowest BCUT2D eigenvalue weighted by Crippen LogP contribution is -2.56. The Morgan fingerprint density at radius 2 is 2.24 bits per heavy atom. The average Bonchev–Trinajstić information content (AvgIpc) is 2.40. The molecule has 0 bridgehead atoms. The molecule has 1 fully saturated rings. The predicted molar refractivity (Wildman–Crippen MR) is 67.5 cm³/mol. The van der Waals surface area contributed by atoms with Crippen LogP contribution < -0.4 is 5.73 Å². The van der Waals surface area contributed by atoms with E-state index < -0.39 is 0 Å². The highest BCUT2D eigenvalue weighted by molar-refractivity contribution is 5.10. The number of nitrogens with zero attached hydrogens (tertiary/aromatic N) is 2. The monoisotopic (exact) mass is 235 g/mol. The normalized spacial score (nSPS) is 25.1. The van der Waals surface area contributed by atoms with Gasteiger partial charge in [-0.2, -0.15) is 0 Å². The Labute approximate surface area is 103 Å². The second-order valence-corrected chi connectivity index (χ2v) is 4.80. The number of rotatable bonds is 4. The predicted octanol–water partition coefficient (Wildman–Crippen LogP) is 1.02. The van der Waals surface area contributed by atoms with Crippen molar-refractivity contribution in [3.8, 4) is 0 Å². The number of pyridine rings is 1. The molecule has 2 N–H and O–H groups in total. The van der Waals surface area contributed by atoms with Gasteiger partial charge in [0.05, 0.1) is 12.1 Å². The molecule has 17 heavy (non-hydrogen) atoms. The molecule has 2 heterocycles. The number of likely N-dealkylation sites (N-methyl/N-ethyl adjacent to an activating group) is 1. The van der Waals surface area contributed by atoms with Crippen molar-refractivity contribution in [2.75, 3.05) is 26.8 Å². The van der Waals surface area contributed by atoms with Crippen molar-refractivity contribution in [3.63, 3.8) is 0 Å². The smallest absolute Gasteiger partial charge is 0.0662 e. The van der Waals surface area contributed by atoms with Crippen LogP contribution in [0, 0.1) is 0 Å². The number of ether oxygens (including phenoxy) is 1. The van der Waals surface area contributed by atoms with Gasteiger partial charge >= 0.3 is 0 Å².